The number of aliphatic carboxylic acids is 1. The van der Waals surface area contributed by atoms with E-state index < -0.39 is 17.8 Å². The van der Waals surface area contributed by atoms with Gasteiger partial charge in [0.1, 0.15) is 12.1 Å². The summed E-state index contributed by atoms with van der Waals surface area (Å²) < 4.78 is 13.2. The minimum absolute atomic E-state index is 0.0943. The van der Waals surface area contributed by atoms with Gasteiger partial charge < -0.3 is 10.8 Å². The second-order valence-electron chi connectivity index (χ2n) is 3.55. The van der Waals surface area contributed by atoms with E-state index in [2.05, 4.69) is 0 Å². The summed E-state index contributed by atoms with van der Waals surface area (Å²) in [5.74, 6) is -1.57. The minimum Gasteiger partial charge on any atom is -0.481 e. The van der Waals surface area contributed by atoms with Gasteiger partial charge in [0.15, 0.2) is 0 Å². The van der Waals surface area contributed by atoms with Crippen molar-refractivity contribution < 1.29 is 19.1 Å². The highest BCUT2D eigenvalue weighted by Gasteiger charge is 2.16. The van der Waals surface area contributed by atoms with Crippen LogP contribution in [0.3, 0.4) is 0 Å². The fourth-order valence-corrected chi connectivity index (χ4v) is 1.44. The molecule has 0 aliphatic carbocycles. The van der Waals surface area contributed by atoms with Gasteiger partial charge in [-0.05, 0) is 24.1 Å². The average molecular weight is 225 g/mol. The molecule has 4 nitrogen and oxygen atoms in total. The molecule has 16 heavy (non-hydrogen) atoms. The number of hydrogen-bond acceptors (Lipinski definition) is 3. The normalized spacial score (nSPS) is 12.2. The van der Waals surface area contributed by atoms with E-state index >= 15 is 0 Å². The fourth-order valence-electron chi connectivity index (χ4n) is 1.44. The lowest BCUT2D eigenvalue weighted by molar-refractivity contribution is -0.137. The van der Waals surface area contributed by atoms with Crippen molar-refractivity contribution in [1.29, 1.82) is 0 Å². The third kappa shape index (κ3) is 2.64. The molecule has 0 radical (unpaired) electrons. The van der Waals surface area contributed by atoms with Gasteiger partial charge in [-0.15, -0.1) is 0 Å². The first-order chi connectivity index (χ1) is 7.45. The molecule has 0 amide bonds. The average Bonchev–Trinajstić information content (AvgIpc) is 2.20. The third-order valence-electron chi connectivity index (χ3n) is 2.29. The monoisotopic (exact) mass is 225 g/mol. The summed E-state index contributed by atoms with van der Waals surface area (Å²) >= 11 is 0. The van der Waals surface area contributed by atoms with Crippen LogP contribution in [0.15, 0.2) is 12.1 Å². The molecule has 0 spiro atoms. The molecule has 5 heteroatoms. The Hall–Kier alpha value is -1.75. The van der Waals surface area contributed by atoms with Crippen LogP contribution >= 0.6 is 0 Å². The summed E-state index contributed by atoms with van der Waals surface area (Å²) in [5.41, 5.74) is 6.42. The maximum atomic E-state index is 13.2. The van der Waals surface area contributed by atoms with Crippen molar-refractivity contribution in [3.05, 3.63) is 34.6 Å². The summed E-state index contributed by atoms with van der Waals surface area (Å²) in [5, 5.41) is 8.59. The Bertz CT molecular complexity index is 431. The molecule has 0 bridgehead atoms. The largest absolute Gasteiger partial charge is 0.481 e. The van der Waals surface area contributed by atoms with Crippen LogP contribution in [0.25, 0.3) is 0 Å². The van der Waals surface area contributed by atoms with E-state index in [1.165, 1.54) is 13.0 Å². The molecule has 0 heterocycles. The van der Waals surface area contributed by atoms with E-state index in [-0.39, 0.29) is 12.0 Å². The molecule has 0 saturated carbocycles. The molecule has 86 valence electrons. The zero-order valence-electron chi connectivity index (χ0n) is 8.74. The van der Waals surface area contributed by atoms with Crippen LogP contribution in [0.5, 0.6) is 0 Å². The summed E-state index contributed by atoms with van der Waals surface area (Å²) in [6.07, 6.45) is 0.172. The van der Waals surface area contributed by atoms with Crippen molar-refractivity contribution >= 4 is 12.3 Å². The Morgan fingerprint density at radius 1 is 1.62 bits per heavy atom. The number of rotatable bonds is 4. The van der Waals surface area contributed by atoms with Crippen LogP contribution in [0, 0.1) is 12.7 Å². The predicted molar refractivity (Wildman–Crippen MR) is 55.7 cm³/mol. The number of carbonyl (C=O) groups excluding carboxylic acids is 1. The summed E-state index contributed by atoms with van der Waals surface area (Å²) in [4.78, 5) is 21.2. The van der Waals surface area contributed by atoms with Gasteiger partial charge in [-0.25, -0.2) is 4.39 Å². The molecule has 0 aliphatic heterocycles. The number of carbonyl (C=O) groups is 2. The summed E-state index contributed by atoms with van der Waals surface area (Å²) in [7, 11) is 0. The minimum atomic E-state index is -1.06. The topological polar surface area (TPSA) is 80.4 Å². The van der Waals surface area contributed by atoms with Crippen molar-refractivity contribution in [2.75, 3.05) is 0 Å². The summed E-state index contributed by atoms with van der Waals surface area (Å²) in [6.45, 7) is 1.53. The third-order valence-corrected chi connectivity index (χ3v) is 2.29. The second kappa shape index (κ2) is 4.85. The van der Waals surface area contributed by atoms with Crippen LogP contribution in [0.4, 0.5) is 4.39 Å². The highest BCUT2D eigenvalue weighted by atomic mass is 19.1. The van der Waals surface area contributed by atoms with Crippen molar-refractivity contribution in [2.24, 2.45) is 5.73 Å². The highest BCUT2D eigenvalue weighted by Crippen LogP contribution is 2.21. The Labute approximate surface area is 91.9 Å². The number of carboxylic acid groups (broad SMARTS) is 1. The first-order valence-corrected chi connectivity index (χ1v) is 4.68. The molecule has 3 N–H and O–H groups in total. The van der Waals surface area contributed by atoms with Gasteiger partial charge >= 0.3 is 5.97 Å². The Morgan fingerprint density at radius 2 is 2.25 bits per heavy atom. The lowest BCUT2D eigenvalue weighted by Gasteiger charge is -2.13. The maximum Gasteiger partial charge on any atom is 0.305 e. The quantitative estimate of drug-likeness (QED) is 0.759. The first kappa shape index (κ1) is 12.3. The van der Waals surface area contributed by atoms with E-state index in [9.17, 15) is 14.0 Å². The predicted octanol–water partition coefficient (Wildman–Crippen LogP) is 1.42. The zero-order chi connectivity index (χ0) is 12.3. The van der Waals surface area contributed by atoms with Crippen LogP contribution in [-0.4, -0.2) is 17.4 Å². The van der Waals surface area contributed by atoms with Gasteiger partial charge in [0.05, 0.1) is 6.42 Å². The number of aldehydes is 1. The van der Waals surface area contributed by atoms with Gasteiger partial charge in [0.25, 0.3) is 0 Å². The molecule has 0 saturated heterocycles. The molecule has 1 aromatic carbocycles. The molecule has 0 fully saturated rings. The molecule has 1 unspecified atom stereocenters. The Balaban J connectivity index is 3.15. The van der Waals surface area contributed by atoms with Gasteiger partial charge in [-0.1, -0.05) is 6.07 Å². The van der Waals surface area contributed by atoms with Crippen molar-refractivity contribution in [3.8, 4) is 0 Å². The molecule has 0 aromatic heterocycles. The summed E-state index contributed by atoms with van der Waals surface area (Å²) in [6, 6.07) is 1.67. The van der Waals surface area contributed by atoms with Gasteiger partial charge in [0, 0.05) is 11.6 Å². The molecular formula is C11H12FNO3. The van der Waals surface area contributed by atoms with Crippen LogP contribution in [0.2, 0.25) is 0 Å². The maximum absolute atomic E-state index is 13.2. The van der Waals surface area contributed by atoms with E-state index in [0.717, 1.165) is 6.07 Å². The van der Waals surface area contributed by atoms with Crippen LogP contribution in [-0.2, 0) is 4.79 Å². The number of nitrogens with two attached hydrogens (primary N) is 1. The molecular weight excluding hydrogens is 213 g/mol. The van der Waals surface area contributed by atoms with Crippen molar-refractivity contribution in [3.63, 3.8) is 0 Å². The van der Waals surface area contributed by atoms with Gasteiger partial charge in [-0.2, -0.15) is 0 Å². The van der Waals surface area contributed by atoms with E-state index in [0.29, 0.717) is 17.4 Å². The standard InChI is InChI=1S/C11H12FNO3/c1-6-2-8(10(13)4-11(15)16)7(5-14)3-9(6)12/h2-3,5,10H,4,13H2,1H3,(H,15,16). The number of aryl methyl sites for hydroxylation is 1. The molecule has 0 aliphatic rings. The lowest BCUT2D eigenvalue weighted by atomic mass is 9.97. The smallest absolute Gasteiger partial charge is 0.305 e. The Morgan fingerprint density at radius 3 is 2.75 bits per heavy atom. The first-order valence-electron chi connectivity index (χ1n) is 4.68. The fraction of sp³-hybridized carbons (Fsp3) is 0.273. The van der Waals surface area contributed by atoms with Crippen LogP contribution in [0.1, 0.15) is 33.9 Å². The van der Waals surface area contributed by atoms with Crippen molar-refractivity contribution in [1.82, 2.24) is 0 Å². The number of carboxylic acids is 1. The molecule has 1 rings (SSSR count). The van der Waals surface area contributed by atoms with E-state index in [1.54, 1.807) is 0 Å². The zero-order valence-corrected chi connectivity index (χ0v) is 8.74. The van der Waals surface area contributed by atoms with Gasteiger partial charge in [0.2, 0.25) is 0 Å². The second-order valence-corrected chi connectivity index (χ2v) is 3.55. The van der Waals surface area contributed by atoms with Crippen LogP contribution < -0.4 is 5.73 Å². The number of benzene rings is 1. The van der Waals surface area contributed by atoms with Crippen molar-refractivity contribution in [2.45, 2.75) is 19.4 Å². The van der Waals surface area contributed by atoms with E-state index in [4.69, 9.17) is 10.8 Å². The molecule has 1 atom stereocenters. The highest BCUT2D eigenvalue weighted by molar-refractivity contribution is 5.78. The number of halogens is 1. The number of hydrogen-bond donors (Lipinski definition) is 2. The van der Waals surface area contributed by atoms with Gasteiger partial charge in [-0.3, -0.25) is 9.59 Å². The van der Waals surface area contributed by atoms with E-state index in [1.807, 2.05) is 0 Å². The molecule has 1 aromatic rings. The SMILES string of the molecule is Cc1cc(C(N)CC(=O)O)c(C=O)cc1F. The lowest BCUT2D eigenvalue weighted by Crippen LogP contribution is -2.17. The Kier molecular flexibility index (Phi) is 3.73.